The molecule has 86 valence electrons. The lowest BCUT2D eigenvalue weighted by Gasteiger charge is -2.14. The molecule has 15 heavy (non-hydrogen) atoms. The monoisotopic (exact) mass is 311 g/mol. The van der Waals surface area contributed by atoms with Crippen molar-refractivity contribution < 1.29 is 0 Å². The predicted octanol–water partition coefficient (Wildman–Crippen LogP) is 4.57. The molecule has 0 bridgehead atoms. The van der Waals surface area contributed by atoms with E-state index < -0.39 is 0 Å². The van der Waals surface area contributed by atoms with Crippen LogP contribution >= 0.6 is 39.9 Å². The number of benzene rings is 1. The van der Waals surface area contributed by atoms with Crippen LogP contribution in [0.4, 0.5) is 0 Å². The predicted molar refractivity (Wildman–Crippen MR) is 72.8 cm³/mol. The van der Waals surface area contributed by atoms with Gasteiger partial charge in [0.2, 0.25) is 0 Å². The van der Waals surface area contributed by atoms with E-state index in [1.165, 1.54) is 0 Å². The third kappa shape index (κ3) is 4.73. The van der Waals surface area contributed by atoms with E-state index in [1.54, 1.807) is 0 Å². The number of nitrogens with two attached hydrogens (primary N) is 1. The van der Waals surface area contributed by atoms with Crippen LogP contribution in [-0.2, 0) is 0 Å². The van der Waals surface area contributed by atoms with Crippen molar-refractivity contribution in [1.29, 1.82) is 0 Å². The standard InChI is InChI=1S/C11H15BrClN.ClH/c1-7(2)5-11(14)8-3-4-10(13)9(12)6-8;/h3-4,6-7,11H,5,14H2,1-2H3;1H/t11-;/m1./s1. The summed E-state index contributed by atoms with van der Waals surface area (Å²) in [7, 11) is 0. The molecular formula is C11H16BrCl2N. The molecule has 2 N–H and O–H groups in total. The van der Waals surface area contributed by atoms with Gasteiger partial charge >= 0.3 is 0 Å². The molecule has 1 nitrogen and oxygen atoms in total. The van der Waals surface area contributed by atoms with Gasteiger partial charge in [0, 0.05) is 10.5 Å². The second kappa shape index (κ2) is 6.74. The minimum Gasteiger partial charge on any atom is -0.324 e. The summed E-state index contributed by atoms with van der Waals surface area (Å²) in [5.74, 6) is 0.611. The van der Waals surface area contributed by atoms with Gasteiger partial charge in [-0.3, -0.25) is 0 Å². The van der Waals surface area contributed by atoms with Crippen LogP contribution in [0.3, 0.4) is 0 Å². The molecule has 0 radical (unpaired) electrons. The van der Waals surface area contributed by atoms with Crippen LogP contribution in [0.2, 0.25) is 5.02 Å². The largest absolute Gasteiger partial charge is 0.324 e. The van der Waals surface area contributed by atoms with Crippen molar-refractivity contribution in [1.82, 2.24) is 0 Å². The lowest BCUT2D eigenvalue weighted by Crippen LogP contribution is -2.12. The van der Waals surface area contributed by atoms with E-state index in [-0.39, 0.29) is 18.4 Å². The van der Waals surface area contributed by atoms with Crippen molar-refractivity contribution in [3.8, 4) is 0 Å². The zero-order valence-corrected chi connectivity index (χ0v) is 12.0. The Morgan fingerprint density at radius 2 is 2.00 bits per heavy atom. The van der Waals surface area contributed by atoms with Crippen LogP contribution in [0.25, 0.3) is 0 Å². The van der Waals surface area contributed by atoms with E-state index in [1.807, 2.05) is 18.2 Å². The van der Waals surface area contributed by atoms with Crippen molar-refractivity contribution in [2.24, 2.45) is 11.7 Å². The highest BCUT2D eigenvalue weighted by Crippen LogP contribution is 2.27. The highest BCUT2D eigenvalue weighted by Gasteiger charge is 2.09. The maximum Gasteiger partial charge on any atom is 0.0548 e. The molecule has 0 spiro atoms. The molecule has 0 aliphatic heterocycles. The first-order valence-electron chi connectivity index (χ1n) is 4.71. The zero-order chi connectivity index (χ0) is 10.7. The molecule has 4 heteroatoms. The van der Waals surface area contributed by atoms with Gasteiger partial charge in [-0.2, -0.15) is 0 Å². The molecule has 0 aliphatic rings. The Bertz CT molecular complexity index is 315. The van der Waals surface area contributed by atoms with Gasteiger partial charge in [0.15, 0.2) is 0 Å². The number of halogens is 3. The average molecular weight is 313 g/mol. The van der Waals surface area contributed by atoms with E-state index >= 15 is 0 Å². The van der Waals surface area contributed by atoms with Gasteiger partial charge in [-0.05, 0) is 46.0 Å². The molecule has 0 unspecified atom stereocenters. The summed E-state index contributed by atoms with van der Waals surface area (Å²) in [6.07, 6.45) is 0.994. The summed E-state index contributed by atoms with van der Waals surface area (Å²) in [5.41, 5.74) is 7.19. The maximum atomic E-state index is 6.05. The molecule has 0 fully saturated rings. The molecule has 0 heterocycles. The van der Waals surface area contributed by atoms with Gasteiger partial charge in [0.1, 0.15) is 0 Å². The van der Waals surface area contributed by atoms with Crippen LogP contribution in [0.15, 0.2) is 22.7 Å². The van der Waals surface area contributed by atoms with Crippen LogP contribution in [-0.4, -0.2) is 0 Å². The van der Waals surface area contributed by atoms with Crippen LogP contribution < -0.4 is 5.73 Å². The first kappa shape index (κ1) is 15.2. The number of hydrogen-bond acceptors (Lipinski definition) is 1. The fraction of sp³-hybridized carbons (Fsp3) is 0.455. The quantitative estimate of drug-likeness (QED) is 0.869. The summed E-state index contributed by atoms with van der Waals surface area (Å²) in [5, 5.41) is 0.727. The van der Waals surface area contributed by atoms with Crippen molar-refractivity contribution in [2.75, 3.05) is 0 Å². The smallest absolute Gasteiger partial charge is 0.0548 e. The fourth-order valence-corrected chi connectivity index (χ4v) is 1.90. The minimum atomic E-state index is 0. The third-order valence-electron chi connectivity index (χ3n) is 2.10. The molecule has 1 rings (SSSR count). The minimum absolute atomic E-state index is 0. The Morgan fingerprint density at radius 1 is 1.40 bits per heavy atom. The second-order valence-electron chi connectivity index (χ2n) is 3.91. The van der Waals surface area contributed by atoms with Gasteiger partial charge in [0.25, 0.3) is 0 Å². The Balaban J connectivity index is 0.00000196. The summed E-state index contributed by atoms with van der Waals surface area (Å²) in [6, 6.07) is 5.96. The molecule has 0 saturated carbocycles. The van der Waals surface area contributed by atoms with Crippen molar-refractivity contribution in [2.45, 2.75) is 26.3 Å². The molecule has 1 atom stereocenters. The summed E-state index contributed by atoms with van der Waals surface area (Å²) >= 11 is 9.30. The van der Waals surface area contributed by atoms with Crippen molar-refractivity contribution in [3.63, 3.8) is 0 Å². The number of rotatable bonds is 3. The SMILES string of the molecule is CC(C)C[C@@H](N)c1ccc(Cl)c(Br)c1.Cl. The van der Waals surface area contributed by atoms with E-state index in [0.29, 0.717) is 5.92 Å². The topological polar surface area (TPSA) is 26.0 Å². The lowest BCUT2D eigenvalue weighted by molar-refractivity contribution is 0.510. The molecule has 1 aromatic rings. The highest BCUT2D eigenvalue weighted by molar-refractivity contribution is 9.10. The fourth-order valence-electron chi connectivity index (χ4n) is 1.39. The lowest BCUT2D eigenvalue weighted by atomic mass is 9.98. The van der Waals surface area contributed by atoms with E-state index in [9.17, 15) is 0 Å². The van der Waals surface area contributed by atoms with Crippen LogP contribution in [0.5, 0.6) is 0 Å². The first-order chi connectivity index (χ1) is 6.50. The van der Waals surface area contributed by atoms with Crippen molar-refractivity contribution >= 4 is 39.9 Å². The van der Waals surface area contributed by atoms with Crippen molar-refractivity contribution in [3.05, 3.63) is 33.3 Å². The van der Waals surface area contributed by atoms with Gasteiger partial charge < -0.3 is 5.73 Å². The summed E-state index contributed by atoms with van der Waals surface area (Å²) < 4.78 is 0.913. The van der Waals surface area contributed by atoms with E-state index in [0.717, 1.165) is 21.5 Å². The first-order valence-corrected chi connectivity index (χ1v) is 5.88. The summed E-state index contributed by atoms with van der Waals surface area (Å²) in [6.45, 7) is 4.34. The summed E-state index contributed by atoms with van der Waals surface area (Å²) in [4.78, 5) is 0. The molecule has 1 aromatic carbocycles. The Labute approximate surface area is 111 Å². The van der Waals surface area contributed by atoms with E-state index in [2.05, 4.69) is 29.8 Å². The average Bonchev–Trinajstić information content (AvgIpc) is 2.08. The normalized spacial score (nSPS) is 12.4. The maximum absolute atomic E-state index is 6.05. The van der Waals surface area contributed by atoms with Crippen LogP contribution in [0.1, 0.15) is 31.9 Å². The molecule has 0 aromatic heterocycles. The van der Waals surface area contributed by atoms with Gasteiger partial charge in [-0.15, -0.1) is 12.4 Å². The zero-order valence-electron chi connectivity index (χ0n) is 8.84. The van der Waals surface area contributed by atoms with E-state index in [4.69, 9.17) is 17.3 Å². The van der Waals surface area contributed by atoms with Crippen LogP contribution in [0, 0.1) is 5.92 Å². The second-order valence-corrected chi connectivity index (χ2v) is 5.17. The highest BCUT2D eigenvalue weighted by atomic mass is 79.9. The Kier molecular flexibility index (Phi) is 6.85. The molecule has 0 aliphatic carbocycles. The van der Waals surface area contributed by atoms with Gasteiger partial charge in [-0.25, -0.2) is 0 Å². The molecule has 0 amide bonds. The van der Waals surface area contributed by atoms with Gasteiger partial charge in [0.05, 0.1) is 5.02 Å². The molecular weight excluding hydrogens is 297 g/mol. The Hall–Kier alpha value is 0.240. The number of hydrogen-bond donors (Lipinski definition) is 1. The molecule has 0 saturated heterocycles. The van der Waals surface area contributed by atoms with Gasteiger partial charge in [-0.1, -0.05) is 31.5 Å². The Morgan fingerprint density at radius 3 is 2.47 bits per heavy atom. The third-order valence-corrected chi connectivity index (χ3v) is 3.31.